The molecule has 0 aliphatic rings. The highest BCUT2D eigenvalue weighted by atomic mass is 16.5. The molecule has 4 heteroatoms. The van der Waals surface area contributed by atoms with Crippen molar-refractivity contribution in [1.29, 1.82) is 0 Å². The Morgan fingerprint density at radius 3 is 2.59 bits per heavy atom. The Morgan fingerprint density at radius 2 is 2.00 bits per heavy atom. The molecule has 17 heavy (non-hydrogen) atoms. The molecular formula is C13H14O4. The lowest BCUT2D eigenvalue weighted by Gasteiger charge is -2.08. The highest BCUT2D eigenvalue weighted by Gasteiger charge is 2.10. The van der Waals surface area contributed by atoms with Crippen LogP contribution in [0.1, 0.15) is 18.9 Å². The number of hydrogen-bond donors (Lipinski definition) is 1. The first kappa shape index (κ1) is 13.0. The molecule has 0 unspecified atom stereocenters. The number of carbonyl (C=O) groups excluding carboxylic acids is 1. The minimum atomic E-state index is -0.883. The first-order chi connectivity index (χ1) is 8.00. The Morgan fingerprint density at radius 1 is 1.35 bits per heavy atom. The summed E-state index contributed by atoms with van der Waals surface area (Å²) in [6, 6.07) is 6.88. The molecule has 90 valence electrons. The maximum absolute atomic E-state index is 11.4. The molecule has 0 fully saturated rings. The summed E-state index contributed by atoms with van der Waals surface area (Å²) in [5, 5.41) is 8.61. The van der Waals surface area contributed by atoms with E-state index in [0.717, 1.165) is 0 Å². The van der Waals surface area contributed by atoms with Crippen LogP contribution in [0.2, 0.25) is 0 Å². The minimum Gasteiger partial charge on any atom is -0.481 e. The number of benzene rings is 1. The van der Waals surface area contributed by atoms with E-state index in [2.05, 4.69) is 6.58 Å². The standard InChI is InChI=1S/C13H14O4/c1-9(2)13(16)17-11-6-4-3-5-10(11)7-8-12(14)15/h3-6H,1,7-8H2,2H3,(H,14,15). The van der Waals surface area contributed by atoms with Gasteiger partial charge in [-0.25, -0.2) is 4.79 Å². The summed E-state index contributed by atoms with van der Waals surface area (Å²) in [7, 11) is 0. The lowest BCUT2D eigenvalue weighted by atomic mass is 10.1. The van der Waals surface area contributed by atoms with Gasteiger partial charge in [-0.15, -0.1) is 0 Å². The van der Waals surface area contributed by atoms with Crippen LogP contribution in [0.25, 0.3) is 0 Å². The number of esters is 1. The summed E-state index contributed by atoms with van der Waals surface area (Å²) in [4.78, 5) is 21.9. The molecule has 0 aliphatic heterocycles. The molecule has 0 aliphatic carbocycles. The molecule has 1 N–H and O–H groups in total. The first-order valence-corrected chi connectivity index (χ1v) is 5.18. The number of para-hydroxylation sites is 1. The zero-order chi connectivity index (χ0) is 12.8. The molecular weight excluding hydrogens is 220 g/mol. The van der Waals surface area contributed by atoms with E-state index >= 15 is 0 Å². The average Bonchev–Trinajstić information content (AvgIpc) is 2.27. The van der Waals surface area contributed by atoms with Gasteiger partial charge in [0.25, 0.3) is 0 Å². The van der Waals surface area contributed by atoms with Crippen molar-refractivity contribution in [2.24, 2.45) is 0 Å². The lowest BCUT2D eigenvalue weighted by Crippen LogP contribution is -2.10. The van der Waals surface area contributed by atoms with Gasteiger partial charge in [-0.2, -0.15) is 0 Å². The molecule has 0 bridgehead atoms. The van der Waals surface area contributed by atoms with Crippen LogP contribution in [-0.2, 0) is 16.0 Å². The summed E-state index contributed by atoms with van der Waals surface area (Å²) >= 11 is 0. The van der Waals surface area contributed by atoms with Crippen LogP contribution in [0.4, 0.5) is 0 Å². The van der Waals surface area contributed by atoms with Crippen LogP contribution in [-0.4, -0.2) is 17.0 Å². The van der Waals surface area contributed by atoms with Crippen molar-refractivity contribution < 1.29 is 19.4 Å². The minimum absolute atomic E-state index is 0.00162. The second kappa shape index (κ2) is 5.84. The quantitative estimate of drug-likeness (QED) is 0.482. The van der Waals surface area contributed by atoms with E-state index in [1.807, 2.05) is 0 Å². The van der Waals surface area contributed by atoms with E-state index < -0.39 is 11.9 Å². The van der Waals surface area contributed by atoms with Gasteiger partial charge >= 0.3 is 11.9 Å². The molecule has 0 spiro atoms. The maximum Gasteiger partial charge on any atom is 0.338 e. The second-order valence-electron chi connectivity index (χ2n) is 3.67. The Balaban J connectivity index is 2.80. The molecule has 0 saturated carbocycles. The van der Waals surface area contributed by atoms with Crippen LogP contribution in [0.5, 0.6) is 5.75 Å². The molecule has 0 saturated heterocycles. The van der Waals surface area contributed by atoms with Crippen molar-refractivity contribution in [3.8, 4) is 5.75 Å². The fourth-order valence-electron chi connectivity index (χ4n) is 1.24. The van der Waals surface area contributed by atoms with Crippen molar-refractivity contribution >= 4 is 11.9 Å². The van der Waals surface area contributed by atoms with Gasteiger partial charge in [0.2, 0.25) is 0 Å². The number of rotatable bonds is 5. The topological polar surface area (TPSA) is 63.6 Å². The molecule has 0 aromatic heterocycles. The molecule has 0 atom stereocenters. The van der Waals surface area contributed by atoms with Crippen molar-refractivity contribution in [1.82, 2.24) is 0 Å². The Labute approximate surface area is 99.5 Å². The monoisotopic (exact) mass is 234 g/mol. The van der Waals surface area contributed by atoms with Gasteiger partial charge in [-0.3, -0.25) is 4.79 Å². The summed E-state index contributed by atoms with van der Waals surface area (Å²) in [6.07, 6.45) is 0.330. The molecule has 1 rings (SSSR count). The SMILES string of the molecule is C=C(C)C(=O)Oc1ccccc1CCC(=O)O. The molecule has 0 heterocycles. The number of hydrogen-bond acceptors (Lipinski definition) is 3. The van der Waals surface area contributed by atoms with Crippen molar-refractivity contribution in [2.75, 3.05) is 0 Å². The van der Waals surface area contributed by atoms with Crippen LogP contribution >= 0.6 is 0 Å². The van der Waals surface area contributed by atoms with Crippen LogP contribution in [0, 0.1) is 0 Å². The molecule has 1 aromatic rings. The van der Waals surface area contributed by atoms with E-state index in [0.29, 0.717) is 23.3 Å². The maximum atomic E-state index is 11.4. The zero-order valence-corrected chi connectivity index (χ0v) is 9.60. The fourth-order valence-corrected chi connectivity index (χ4v) is 1.24. The van der Waals surface area contributed by atoms with Crippen LogP contribution < -0.4 is 4.74 Å². The van der Waals surface area contributed by atoms with Gasteiger partial charge in [-0.05, 0) is 25.0 Å². The van der Waals surface area contributed by atoms with Crippen molar-refractivity contribution in [2.45, 2.75) is 19.8 Å². The predicted molar refractivity (Wildman–Crippen MR) is 62.8 cm³/mol. The van der Waals surface area contributed by atoms with Gasteiger partial charge < -0.3 is 9.84 Å². The van der Waals surface area contributed by atoms with Crippen molar-refractivity contribution in [3.63, 3.8) is 0 Å². The third kappa shape index (κ3) is 4.10. The summed E-state index contributed by atoms with van der Waals surface area (Å²) in [5.74, 6) is -0.999. The first-order valence-electron chi connectivity index (χ1n) is 5.18. The number of aryl methyl sites for hydroxylation is 1. The normalized spacial score (nSPS) is 9.71. The Kier molecular flexibility index (Phi) is 4.46. The molecule has 4 nitrogen and oxygen atoms in total. The average molecular weight is 234 g/mol. The van der Waals surface area contributed by atoms with Crippen molar-refractivity contribution in [3.05, 3.63) is 42.0 Å². The number of aliphatic carboxylic acids is 1. The van der Waals surface area contributed by atoms with Gasteiger partial charge in [0, 0.05) is 12.0 Å². The number of carboxylic acids is 1. The summed E-state index contributed by atoms with van der Waals surface area (Å²) in [6.45, 7) is 5.04. The van der Waals surface area contributed by atoms with Crippen LogP contribution in [0.3, 0.4) is 0 Å². The highest BCUT2D eigenvalue weighted by molar-refractivity contribution is 5.88. The zero-order valence-electron chi connectivity index (χ0n) is 9.60. The summed E-state index contributed by atoms with van der Waals surface area (Å²) in [5.41, 5.74) is 1.00. The fraction of sp³-hybridized carbons (Fsp3) is 0.231. The number of carboxylic acid groups (broad SMARTS) is 1. The molecule has 0 amide bonds. The van der Waals surface area contributed by atoms with Gasteiger partial charge in [0.1, 0.15) is 5.75 Å². The van der Waals surface area contributed by atoms with E-state index in [1.54, 1.807) is 31.2 Å². The predicted octanol–water partition coefficient (Wildman–Crippen LogP) is 2.19. The lowest BCUT2D eigenvalue weighted by molar-refractivity contribution is -0.137. The third-order valence-electron chi connectivity index (χ3n) is 2.13. The second-order valence-corrected chi connectivity index (χ2v) is 3.67. The van der Waals surface area contributed by atoms with Gasteiger partial charge in [0.05, 0.1) is 0 Å². The molecule has 1 aromatic carbocycles. The van der Waals surface area contributed by atoms with Crippen LogP contribution in [0.15, 0.2) is 36.4 Å². The Bertz CT molecular complexity index is 448. The number of carbonyl (C=O) groups is 2. The van der Waals surface area contributed by atoms with Gasteiger partial charge in [-0.1, -0.05) is 24.8 Å². The molecule has 0 radical (unpaired) electrons. The van der Waals surface area contributed by atoms with E-state index in [1.165, 1.54) is 0 Å². The highest BCUT2D eigenvalue weighted by Crippen LogP contribution is 2.20. The summed E-state index contributed by atoms with van der Waals surface area (Å²) < 4.78 is 5.11. The number of ether oxygens (including phenoxy) is 1. The van der Waals surface area contributed by atoms with E-state index in [-0.39, 0.29) is 6.42 Å². The van der Waals surface area contributed by atoms with E-state index in [9.17, 15) is 9.59 Å². The largest absolute Gasteiger partial charge is 0.481 e. The third-order valence-corrected chi connectivity index (χ3v) is 2.13. The van der Waals surface area contributed by atoms with E-state index in [4.69, 9.17) is 9.84 Å². The van der Waals surface area contributed by atoms with Gasteiger partial charge in [0.15, 0.2) is 0 Å². The smallest absolute Gasteiger partial charge is 0.338 e. The Hall–Kier alpha value is -2.10.